The van der Waals surface area contributed by atoms with Crippen molar-refractivity contribution in [3.8, 4) is 23.0 Å². The van der Waals surface area contributed by atoms with Crippen LogP contribution in [0.5, 0.6) is 23.0 Å². The molecule has 0 aliphatic rings. The Morgan fingerprint density at radius 3 is 2.50 bits per heavy atom. The fraction of sp³-hybridized carbons (Fsp3) is 0.200. The van der Waals surface area contributed by atoms with Crippen molar-refractivity contribution < 1.29 is 23.7 Å². The summed E-state index contributed by atoms with van der Waals surface area (Å²) in [6.45, 7) is 2.68. The molecule has 3 rings (SSSR count). The summed E-state index contributed by atoms with van der Waals surface area (Å²) in [5, 5.41) is 4.71. The molecule has 0 fully saturated rings. The number of hydrogen-bond acceptors (Lipinski definition) is 6. The minimum atomic E-state index is -0.376. The standard InChI is InChI=1S/C25H24ClIN2O5/c1-4-33-21-10-9-17(13-22(21)31-2)25(30)29-28-14-16-11-20(27)24(23(12-16)32-3)34-15-18-7-5-6-8-19(18)26/h5-14H,4,15H2,1-3H3,(H,29,30)/b28-14+. The lowest BCUT2D eigenvalue weighted by Crippen LogP contribution is -2.17. The van der Waals surface area contributed by atoms with E-state index in [1.807, 2.05) is 37.3 Å². The Balaban J connectivity index is 1.69. The Morgan fingerprint density at radius 1 is 1.03 bits per heavy atom. The molecule has 1 N–H and O–H groups in total. The van der Waals surface area contributed by atoms with Crippen molar-refractivity contribution in [2.75, 3.05) is 20.8 Å². The van der Waals surface area contributed by atoms with E-state index in [-0.39, 0.29) is 5.91 Å². The summed E-state index contributed by atoms with van der Waals surface area (Å²) in [4.78, 5) is 12.5. The van der Waals surface area contributed by atoms with E-state index < -0.39 is 0 Å². The third-order valence-corrected chi connectivity index (χ3v) is 5.86. The van der Waals surface area contributed by atoms with Crippen LogP contribution in [0.2, 0.25) is 5.02 Å². The van der Waals surface area contributed by atoms with Crippen LogP contribution in [0.25, 0.3) is 0 Å². The molecule has 0 bridgehead atoms. The predicted molar refractivity (Wildman–Crippen MR) is 141 cm³/mol. The van der Waals surface area contributed by atoms with Gasteiger partial charge < -0.3 is 18.9 Å². The molecule has 7 nitrogen and oxygen atoms in total. The monoisotopic (exact) mass is 594 g/mol. The summed E-state index contributed by atoms with van der Waals surface area (Å²) in [7, 11) is 3.09. The van der Waals surface area contributed by atoms with Crippen LogP contribution in [0.3, 0.4) is 0 Å². The Kier molecular flexibility index (Phi) is 9.41. The van der Waals surface area contributed by atoms with E-state index in [0.717, 1.165) is 14.7 Å². The molecule has 0 saturated heterocycles. The lowest BCUT2D eigenvalue weighted by atomic mass is 10.2. The fourth-order valence-corrected chi connectivity index (χ4v) is 4.00. The van der Waals surface area contributed by atoms with Gasteiger partial charge in [0.1, 0.15) is 6.61 Å². The number of hydrazone groups is 1. The van der Waals surface area contributed by atoms with Gasteiger partial charge in [0.25, 0.3) is 5.91 Å². The molecule has 0 aliphatic heterocycles. The number of methoxy groups -OCH3 is 2. The van der Waals surface area contributed by atoms with Crippen LogP contribution in [0.4, 0.5) is 0 Å². The molecule has 178 valence electrons. The van der Waals surface area contributed by atoms with E-state index >= 15 is 0 Å². The molecule has 9 heteroatoms. The Hall–Kier alpha value is -2.98. The quantitative estimate of drug-likeness (QED) is 0.185. The highest BCUT2D eigenvalue weighted by molar-refractivity contribution is 14.1. The first-order valence-corrected chi connectivity index (χ1v) is 11.8. The number of halogens is 2. The maximum Gasteiger partial charge on any atom is 0.271 e. The van der Waals surface area contributed by atoms with Gasteiger partial charge in [0.2, 0.25) is 0 Å². The van der Waals surface area contributed by atoms with Gasteiger partial charge in [-0.25, -0.2) is 5.43 Å². The maximum atomic E-state index is 12.5. The molecule has 34 heavy (non-hydrogen) atoms. The maximum absolute atomic E-state index is 12.5. The number of carbonyl (C=O) groups is 1. The molecular weight excluding hydrogens is 571 g/mol. The van der Waals surface area contributed by atoms with Crippen LogP contribution in [0, 0.1) is 3.57 Å². The van der Waals surface area contributed by atoms with Gasteiger partial charge in [-0.15, -0.1) is 0 Å². The average Bonchev–Trinajstić information content (AvgIpc) is 2.84. The first-order chi connectivity index (χ1) is 16.5. The van der Waals surface area contributed by atoms with Gasteiger partial charge >= 0.3 is 0 Å². The molecule has 3 aromatic carbocycles. The average molecular weight is 595 g/mol. The highest BCUT2D eigenvalue weighted by atomic mass is 127. The van der Waals surface area contributed by atoms with Crippen molar-refractivity contribution in [3.05, 3.63) is 79.9 Å². The van der Waals surface area contributed by atoms with E-state index in [4.69, 9.17) is 30.5 Å². The Morgan fingerprint density at radius 2 is 1.79 bits per heavy atom. The molecule has 0 radical (unpaired) electrons. The number of hydrogen-bond donors (Lipinski definition) is 1. The van der Waals surface area contributed by atoms with Gasteiger partial charge in [0.05, 0.1) is 30.6 Å². The second-order valence-corrected chi connectivity index (χ2v) is 8.48. The van der Waals surface area contributed by atoms with Crippen LogP contribution in [-0.2, 0) is 6.61 Å². The number of ether oxygens (including phenoxy) is 4. The number of carbonyl (C=O) groups excluding carboxylic acids is 1. The topological polar surface area (TPSA) is 78.4 Å². The van der Waals surface area contributed by atoms with Gasteiger partial charge in [-0.1, -0.05) is 29.8 Å². The second kappa shape index (κ2) is 12.5. The van der Waals surface area contributed by atoms with E-state index in [9.17, 15) is 4.79 Å². The summed E-state index contributed by atoms with van der Waals surface area (Å²) in [5.74, 6) is 1.82. The summed E-state index contributed by atoms with van der Waals surface area (Å²) < 4.78 is 23.1. The molecule has 3 aromatic rings. The van der Waals surface area contributed by atoms with E-state index in [0.29, 0.717) is 46.8 Å². The van der Waals surface area contributed by atoms with Crippen LogP contribution in [0.15, 0.2) is 59.7 Å². The molecule has 0 saturated carbocycles. The van der Waals surface area contributed by atoms with Gasteiger partial charge in [0.15, 0.2) is 23.0 Å². The van der Waals surface area contributed by atoms with E-state index in [1.54, 1.807) is 31.4 Å². The van der Waals surface area contributed by atoms with Crippen LogP contribution >= 0.6 is 34.2 Å². The molecule has 0 aromatic heterocycles. The number of amides is 1. The van der Waals surface area contributed by atoms with Crippen LogP contribution in [-0.4, -0.2) is 32.9 Å². The number of nitrogens with one attached hydrogen (secondary N) is 1. The minimum absolute atomic E-state index is 0.307. The molecule has 0 spiro atoms. The molecule has 0 atom stereocenters. The van der Waals surface area contributed by atoms with E-state index in [2.05, 4.69) is 33.1 Å². The summed E-state index contributed by atoms with van der Waals surface area (Å²) in [5.41, 5.74) is 4.52. The Bertz CT molecular complexity index is 1190. The summed E-state index contributed by atoms with van der Waals surface area (Å²) in [6, 6.07) is 16.1. The first kappa shape index (κ1) is 25.6. The zero-order valence-corrected chi connectivity index (χ0v) is 21.8. The lowest BCUT2D eigenvalue weighted by molar-refractivity contribution is 0.0954. The number of nitrogens with zero attached hydrogens (tertiary/aromatic N) is 1. The summed E-state index contributed by atoms with van der Waals surface area (Å²) in [6.07, 6.45) is 1.53. The Labute approximate surface area is 217 Å². The molecule has 1 amide bonds. The van der Waals surface area contributed by atoms with E-state index in [1.165, 1.54) is 13.3 Å². The third-order valence-electron chi connectivity index (χ3n) is 4.69. The lowest BCUT2D eigenvalue weighted by Gasteiger charge is -2.14. The highest BCUT2D eigenvalue weighted by Crippen LogP contribution is 2.34. The SMILES string of the molecule is CCOc1ccc(C(=O)N/N=C/c2cc(I)c(OCc3ccccc3Cl)c(OC)c2)cc1OC. The molecule has 0 heterocycles. The molecular formula is C25H24ClIN2O5. The minimum Gasteiger partial charge on any atom is -0.493 e. The zero-order valence-electron chi connectivity index (χ0n) is 18.9. The van der Waals surface area contributed by atoms with Gasteiger partial charge in [-0.05, 0) is 71.5 Å². The van der Waals surface area contributed by atoms with Crippen molar-refractivity contribution in [1.29, 1.82) is 0 Å². The number of rotatable bonds is 10. The number of benzene rings is 3. The second-order valence-electron chi connectivity index (χ2n) is 6.91. The summed E-state index contributed by atoms with van der Waals surface area (Å²) >= 11 is 8.38. The van der Waals surface area contributed by atoms with Crippen molar-refractivity contribution in [2.45, 2.75) is 13.5 Å². The predicted octanol–water partition coefficient (Wildman–Crippen LogP) is 5.70. The largest absolute Gasteiger partial charge is 0.493 e. The zero-order chi connectivity index (χ0) is 24.5. The van der Waals surface area contributed by atoms with Crippen molar-refractivity contribution in [2.24, 2.45) is 5.10 Å². The van der Waals surface area contributed by atoms with Crippen molar-refractivity contribution in [3.63, 3.8) is 0 Å². The van der Waals surface area contributed by atoms with Gasteiger partial charge in [-0.2, -0.15) is 5.10 Å². The fourth-order valence-electron chi connectivity index (χ4n) is 3.03. The van der Waals surface area contributed by atoms with Gasteiger partial charge in [-0.3, -0.25) is 4.79 Å². The van der Waals surface area contributed by atoms with Crippen molar-refractivity contribution in [1.82, 2.24) is 5.43 Å². The highest BCUT2D eigenvalue weighted by Gasteiger charge is 2.13. The smallest absolute Gasteiger partial charge is 0.271 e. The van der Waals surface area contributed by atoms with Gasteiger partial charge in [0, 0.05) is 16.1 Å². The van der Waals surface area contributed by atoms with Crippen LogP contribution in [0.1, 0.15) is 28.4 Å². The normalized spacial score (nSPS) is 10.7. The molecule has 0 unspecified atom stereocenters. The first-order valence-electron chi connectivity index (χ1n) is 10.3. The molecule has 0 aliphatic carbocycles. The third kappa shape index (κ3) is 6.54. The van der Waals surface area contributed by atoms with Crippen LogP contribution < -0.4 is 24.4 Å². The van der Waals surface area contributed by atoms with Crippen molar-refractivity contribution >= 4 is 46.3 Å².